The van der Waals surface area contributed by atoms with Crippen LogP contribution in [0.5, 0.6) is 0 Å². The summed E-state index contributed by atoms with van der Waals surface area (Å²) in [5.41, 5.74) is 1.24. The molecule has 1 fully saturated rings. The molecular weight excluding hydrogens is 338 g/mol. The Hall–Kier alpha value is -1.14. The molecule has 6 heteroatoms. The Bertz CT molecular complexity index is 761. The van der Waals surface area contributed by atoms with Gasteiger partial charge in [0.25, 0.3) is 0 Å². The summed E-state index contributed by atoms with van der Waals surface area (Å²) in [6.45, 7) is 12.4. The second-order valence-electron chi connectivity index (χ2n) is 7.07. The summed E-state index contributed by atoms with van der Waals surface area (Å²) in [5.74, 6) is 2.65. The second kappa shape index (κ2) is 7.00. The van der Waals surface area contributed by atoms with E-state index in [4.69, 9.17) is 0 Å². The predicted molar refractivity (Wildman–Crippen MR) is 102 cm³/mol. The highest BCUT2D eigenvalue weighted by molar-refractivity contribution is 8.00. The molecule has 0 saturated carbocycles. The van der Waals surface area contributed by atoms with Crippen LogP contribution in [0.25, 0.3) is 10.2 Å². The SMILES string of the molecule is Cc1nc(SCC(=O)N2C[C@@H](C)C[C@H](C)C2)c2c(C)c(C)sc2n1. The normalized spacial score (nSPS) is 21.5. The number of carbonyl (C=O) groups is 1. The minimum atomic E-state index is 0.229. The summed E-state index contributed by atoms with van der Waals surface area (Å²) in [6.07, 6.45) is 1.22. The van der Waals surface area contributed by atoms with Gasteiger partial charge in [0, 0.05) is 23.4 Å². The van der Waals surface area contributed by atoms with Crippen molar-refractivity contribution in [3.8, 4) is 0 Å². The maximum atomic E-state index is 12.6. The van der Waals surface area contributed by atoms with Gasteiger partial charge in [0.15, 0.2) is 0 Å². The van der Waals surface area contributed by atoms with E-state index in [0.717, 1.165) is 34.2 Å². The second-order valence-corrected chi connectivity index (χ2v) is 9.24. The number of hydrogen-bond donors (Lipinski definition) is 0. The Labute approximate surface area is 152 Å². The highest BCUT2D eigenvalue weighted by Gasteiger charge is 2.25. The highest BCUT2D eigenvalue weighted by Crippen LogP contribution is 2.35. The van der Waals surface area contributed by atoms with E-state index < -0.39 is 0 Å². The van der Waals surface area contributed by atoms with Gasteiger partial charge >= 0.3 is 0 Å². The molecule has 4 nitrogen and oxygen atoms in total. The molecule has 0 bridgehead atoms. The summed E-state index contributed by atoms with van der Waals surface area (Å²) < 4.78 is 0. The molecule has 1 aliphatic heterocycles. The van der Waals surface area contributed by atoms with Crippen molar-refractivity contribution < 1.29 is 4.79 Å². The number of carbonyl (C=O) groups excluding carboxylic acids is 1. The van der Waals surface area contributed by atoms with E-state index in [1.54, 1.807) is 23.1 Å². The molecule has 0 aliphatic carbocycles. The van der Waals surface area contributed by atoms with E-state index >= 15 is 0 Å². The third-order valence-electron chi connectivity index (χ3n) is 4.66. The zero-order chi connectivity index (χ0) is 17.4. The van der Waals surface area contributed by atoms with Crippen LogP contribution in [0, 0.1) is 32.6 Å². The Balaban J connectivity index is 1.77. The molecule has 2 atom stereocenters. The van der Waals surface area contributed by atoms with Crippen molar-refractivity contribution in [3.05, 3.63) is 16.3 Å². The molecule has 0 spiro atoms. The number of nitrogens with zero attached hydrogens (tertiary/aromatic N) is 3. The molecule has 0 aromatic carbocycles. The molecule has 3 rings (SSSR count). The monoisotopic (exact) mass is 363 g/mol. The van der Waals surface area contributed by atoms with Gasteiger partial charge in [-0.2, -0.15) is 0 Å². The number of hydrogen-bond acceptors (Lipinski definition) is 5. The van der Waals surface area contributed by atoms with Crippen molar-refractivity contribution >= 4 is 39.2 Å². The quantitative estimate of drug-likeness (QED) is 0.605. The van der Waals surface area contributed by atoms with Crippen molar-refractivity contribution in [1.82, 2.24) is 14.9 Å². The van der Waals surface area contributed by atoms with E-state index in [0.29, 0.717) is 17.6 Å². The van der Waals surface area contributed by atoms with Gasteiger partial charge in [0.1, 0.15) is 15.7 Å². The van der Waals surface area contributed by atoms with Crippen molar-refractivity contribution in [1.29, 1.82) is 0 Å². The Morgan fingerprint density at radius 3 is 2.54 bits per heavy atom. The average molecular weight is 364 g/mol. The van der Waals surface area contributed by atoms with Gasteiger partial charge in [0.2, 0.25) is 5.91 Å². The number of aromatic nitrogens is 2. The number of fused-ring (bicyclic) bond motifs is 1. The zero-order valence-electron chi connectivity index (χ0n) is 15.0. The van der Waals surface area contributed by atoms with E-state index in [1.165, 1.54) is 16.9 Å². The Morgan fingerprint density at radius 2 is 1.88 bits per heavy atom. The summed E-state index contributed by atoms with van der Waals surface area (Å²) in [7, 11) is 0. The number of thioether (sulfide) groups is 1. The highest BCUT2D eigenvalue weighted by atomic mass is 32.2. The van der Waals surface area contributed by atoms with Crippen LogP contribution >= 0.6 is 23.1 Å². The first-order valence-corrected chi connectivity index (χ1v) is 10.3. The van der Waals surface area contributed by atoms with Crippen LogP contribution in [0.1, 0.15) is 36.5 Å². The first-order chi connectivity index (χ1) is 11.3. The minimum Gasteiger partial charge on any atom is -0.341 e. The lowest BCUT2D eigenvalue weighted by Crippen LogP contribution is -2.43. The standard InChI is InChI=1S/C18H25N3OS2/c1-10-6-11(2)8-21(7-10)15(22)9-23-17-16-12(3)13(4)24-18(16)20-14(5)19-17/h10-11H,6-9H2,1-5H3/t10-,11-/m0/s1. The van der Waals surface area contributed by atoms with E-state index in [9.17, 15) is 4.79 Å². The van der Waals surface area contributed by atoms with Gasteiger partial charge in [-0.05, 0) is 44.6 Å². The van der Waals surface area contributed by atoms with Crippen LogP contribution < -0.4 is 0 Å². The average Bonchev–Trinajstić information content (AvgIpc) is 2.78. The van der Waals surface area contributed by atoms with Crippen LogP contribution in [-0.4, -0.2) is 39.6 Å². The molecule has 0 N–H and O–H groups in total. The van der Waals surface area contributed by atoms with Crippen LogP contribution in [-0.2, 0) is 4.79 Å². The van der Waals surface area contributed by atoms with Crippen molar-refractivity contribution in [2.45, 2.75) is 46.1 Å². The van der Waals surface area contributed by atoms with E-state index in [1.807, 2.05) is 11.8 Å². The van der Waals surface area contributed by atoms with Gasteiger partial charge in [-0.1, -0.05) is 25.6 Å². The smallest absolute Gasteiger partial charge is 0.233 e. The fourth-order valence-electron chi connectivity index (χ4n) is 3.51. The minimum absolute atomic E-state index is 0.229. The first-order valence-electron chi connectivity index (χ1n) is 8.50. The number of likely N-dealkylation sites (tertiary alicyclic amines) is 1. The lowest BCUT2D eigenvalue weighted by molar-refractivity contribution is -0.130. The van der Waals surface area contributed by atoms with Crippen molar-refractivity contribution in [2.24, 2.45) is 11.8 Å². The molecule has 130 valence electrons. The van der Waals surface area contributed by atoms with E-state index in [-0.39, 0.29) is 5.91 Å². The molecular formula is C18H25N3OS2. The van der Waals surface area contributed by atoms with Gasteiger partial charge in [0.05, 0.1) is 5.75 Å². The summed E-state index contributed by atoms with van der Waals surface area (Å²) in [6, 6.07) is 0. The van der Waals surface area contributed by atoms with Crippen LogP contribution in [0.3, 0.4) is 0 Å². The van der Waals surface area contributed by atoms with Crippen LogP contribution in [0.15, 0.2) is 5.03 Å². The number of amides is 1. The van der Waals surface area contributed by atoms with Crippen molar-refractivity contribution in [2.75, 3.05) is 18.8 Å². The molecule has 2 aromatic rings. The number of piperidine rings is 1. The van der Waals surface area contributed by atoms with E-state index in [2.05, 4.69) is 37.7 Å². The largest absolute Gasteiger partial charge is 0.341 e. The molecule has 1 aliphatic rings. The molecule has 0 unspecified atom stereocenters. The summed E-state index contributed by atoms with van der Waals surface area (Å²) >= 11 is 3.27. The number of thiophene rings is 1. The molecule has 24 heavy (non-hydrogen) atoms. The van der Waals surface area contributed by atoms with Crippen LogP contribution in [0.4, 0.5) is 0 Å². The van der Waals surface area contributed by atoms with Gasteiger partial charge in [-0.15, -0.1) is 11.3 Å². The summed E-state index contributed by atoms with van der Waals surface area (Å²) in [4.78, 5) is 26.1. The maximum absolute atomic E-state index is 12.6. The molecule has 0 radical (unpaired) electrons. The Morgan fingerprint density at radius 1 is 1.21 bits per heavy atom. The molecule has 1 amide bonds. The van der Waals surface area contributed by atoms with Crippen molar-refractivity contribution in [3.63, 3.8) is 0 Å². The molecule has 2 aromatic heterocycles. The van der Waals surface area contributed by atoms with Gasteiger partial charge < -0.3 is 4.90 Å². The first kappa shape index (κ1) is 17.7. The maximum Gasteiger partial charge on any atom is 0.233 e. The number of rotatable bonds is 3. The lowest BCUT2D eigenvalue weighted by Gasteiger charge is -2.35. The third-order valence-corrected chi connectivity index (χ3v) is 6.72. The lowest BCUT2D eigenvalue weighted by atomic mass is 9.92. The topological polar surface area (TPSA) is 46.1 Å². The molecule has 3 heterocycles. The molecule has 1 saturated heterocycles. The zero-order valence-corrected chi connectivity index (χ0v) is 16.7. The summed E-state index contributed by atoms with van der Waals surface area (Å²) in [5, 5.41) is 2.08. The fourth-order valence-corrected chi connectivity index (χ4v) is 5.68. The Kier molecular flexibility index (Phi) is 5.16. The fraction of sp³-hybridized carbons (Fsp3) is 0.611. The van der Waals surface area contributed by atoms with Gasteiger partial charge in [-0.3, -0.25) is 4.79 Å². The predicted octanol–water partition coefficient (Wildman–Crippen LogP) is 4.21. The number of aryl methyl sites for hydroxylation is 3. The third kappa shape index (κ3) is 3.59. The van der Waals surface area contributed by atoms with Gasteiger partial charge in [-0.25, -0.2) is 9.97 Å². The van der Waals surface area contributed by atoms with Crippen LogP contribution in [0.2, 0.25) is 0 Å².